The zero-order valence-corrected chi connectivity index (χ0v) is 8.19. The second-order valence-electron chi connectivity index (χ2n) is 2.35. The van der Waals surface area contributed by atoms with Crippen molar-refractivity contribution in [2.45, 2.75) is 18.5 Å². The Morgan fingerprint density at radius 1 is 1.67 bits per heavy atom. The van der Waals surface area contributed by atoms with Gasteiger partial charge in [0, 0.05) is 31.6 Å². The smallest absolute Gasteiger partial charge is 0.167 e. The Balaban J connectivity index is 2.32. The van der Waals surface area contributed by atoms with Crippen LogP contribution in [0.4, 0.5) is 0 Å². The Morgan fingerprint density at radius 2 is 2.50 bits per heavy atom. The van der Waals surface area contributed by atoms with Gasteiger partial charge in [0.2, 0.25) is 0 Å². The number of aromatic nitrogens is 2. The summed E-state index contributed by atoms with van der Waals surface area (Å²) >= 11 is 1.74. The van der Waals surface area contributed by atoms with Crippen LogP contribution in [0.1, 0.15) is 13.3 Å². The summed E-state index contributed by atoms with van der Waals surface area (Å²) in [6, 6.07) is 0. The first-order valence-electron chi connectivity index (χ1n) is 3.84. The predicted molar refractivity (Wildman–Crippen MR) is 52.0 cm³/mol. The molecule has 0 fully saturated rings. The second-order valence-corrected chi connectivity index (χ2v) is 3.41. The van der Waals surface area contributed by atoms with Gasteiger partial charge in [0.05, 0.1) is 0 Å². The molecule has 0 bridgehead atoms. The average Bonchev–Trinajstić information content (AvgIpc) is 2.46. The fourth-order valence-electron chi connectivity index (χ4n) is 0.809. The van der Waals surface area contributed by atoms with E-state index in [1.807, 2.05) is 30.9 Å². The van der Waals surface area contributed by atoms with Crippen molar-refractivity contribution in [2.75, 3.05) is 5.75 Å². The summed E-state index contributed by atoms with van der Waals surface area (Å²) in [5.41, 5.74) is 0. The van der Waals surface area contributed by atoms with Crippen molar-refractivity contribution in [1.82, 2.24) is 9.55 Å². The highest BCUT2D eigenvalue weighted by Gasteiger charge is 1.97. The third-order valence-electron chi connectivity index (χ3n) is 1.41. The Labute approximate surface area is 77.4 Å². The maximum atomic E-state index is 4.19. The fourth-order valence-corrected chi connectivity index (χ4v) is 1.60. The largest absolute Gasteiger partial charge is 0.329 e. The molecular weight excluding hydrogens is 168 g/mol. The van der Waals surface area contributed by atoms with Crippen molar-refractivity contribution in [3.8, 4) is 11.8 Å². The van der Waals surface area contributed by atoms with Crippen molar-refractivity contribution in [2.24, 2.45) is 7.05 Å². The minimum absolute atomic E-state index is 0.939. The van der Waals surface area contributed by atoms with Gasteiger partial charge in [-0.1, -0.05) is 11.8 Å². The van der Waals surface area contributed by atoms with Crippen LogP contribution in [-0.2, 0) is 7.05 Å². The lowest BCUT2D eigenvalue weighted by atomic mass is 10.5. The molecule has 0 saturated heterocycles. The van der Waals surface area contributed by atoms with Gasteiger partial charge in [-0.3, -0.25) is 0 Å². The SMILES string of the molecule is CC#CCCSc1nccn1C. The Bertz CT molecular complexity index is 293. The van der Waals surface area contributed by atoms with Gasteiger partial charge in [-0.25, -0.2) is 4.98 Å². The van der Waals surface area contributed by atoms with Crippen molar-refractivity contribution in [3.63, 3.8) is 0 Å². The van der Waals surface area contributed by atoms with Crippen LogP contribution in [0.25, 0.3) is 0 Å². The van der Waals surface area contributed by atoms with Gasteiger partial charge in [-0.05, 0) is 6.92 Å². The number of thioether (sulfide) groups is 1. The molecule has 0 aromatic carbocycles. The van der Waals surface area contributed by atoms with Crippen LogP contribution in [0, 0.1) is 11.8 Å². The van der Waals surface area contributed by atoms with E-state index in [9.17, 15) is 0 Å². The van der Waals surface area contributed by atoms with Crippen molar-refractivity contribution in [1.29, 1.82) is 0 Å². The van der Waals surface area contributed by atoms with Crippen LogP contribution in [-0.4, -0.2) is 15.3 Å². The van der Waals surface area contributed by atoms with E-state index in [0.29, 0.717) is 0 Å². The summed E-state index contributed by atoms with van der Waals surface area (Å²) in [4.78, 5) is 4.19. The van der Waals surface area contributed by atoms with E-state index < -0.39 is 0 Å². The van der Waals surface area contributed by atoms with E-state index in [2.05, 4.69) is 16.8 Å². The molecule has 0 amide bonds. The van der Waals surface area contributed by atoms with Crippen LogP contribution in [0.5, 0.6) is 0 Å². The monoisotopic (exact) mass is 180 g/mol. The molecular formula is C9H12N2S. The molecule has 0 saturated carbocycles. The molecule has 12 heavy (non-hydrogen) atoms. The zero-order chi connectivity index (χ0) is 8.81. The molecule has 1 heterocycles. The first kappa shape index (κ1) is 9.21. The molecule has 1 aromatic heterocycles. The Morgan fingerprint density at radius 3 is 3.08 bits per heavy atom. The number of imidazole rings is 1. The van der Waals surface area contributed by atoms with E-state index in [0.717, 1.165) is 17.3 Å². The molecule has 0 radical (unpaired) electrons. The summed E-state index contributed by atoms with van der Waals surface area (Å²) in [6.07, 6.45) is 4.70. The normalized spacial score (nSPS) is 9.17. The molecule has 0 N–H and O–H groups in total. The number of nitrogens with zero attached hydrogens (tertiary/aromatic N) is 2. The Hall–Kier alpha value is -0.880. The van der Waals surface area contributed by atoms with Gasteiger partial charge < -0.3 is 4.57 Å². The standard InChI is InChI=1S/C9H12N2S/c1-3-4-5-8-12-9-10-6-7-11(9)2/h6-7H,5,8H2,1-2H3. The predicted octanol–water partition coefficient (Wildman–Crippen LogP) is 1.93. The number of hydrogen-bond donors (Lipinski definition) is 0. The molecule has 0 aliphatic heterocycles. The highest BCUT2D eigenvalue weighted by molar-refractivity contribution is 7.99. The molecule has 0 spiro atoms. The van der Waals surface area contributed by atoms with Crippen LogP contribution in [0.15, 0.2) is 17.6 Å². The highest BCUT2D eigenvalue weighted by atomic mass is 32.2. The number of aryl methyl sites for hydroxylation is 1. The van der Waals surface area contributed by atoms with Gasteiger partial charge in [-0.15, -0.1) is 11.8 Å². The summed E-state index contributed by atoms with van der Waals surface area (Å²) in [5, 5.41) is 1.06. The molecule has 2 nitrogen and oxygen atoms in total. The van der Waals surface area contributed by atoms with E-state index in [1.165, 1.54) is 0 Å². The maximum Gasteiger partial charge on any atom is 0.167 e. The number of hydrogen-bond acceptors (Lipinski definition) is 2. The van der Waals surface area contributed by atoms with E-state index in [1.54, 1.807) is 11.8 Å². The average molecular weight is 180 g/mol. The summed E-state index contributed by atoms with van der Waals surface area (Å²) in [6.45, 7) is 1.87. The lowest BCUT2D eigenvalue weighted by molar-refractivity contribution is 0.790. The van der Waals surface area contributed by atoms with Gasteiger partial charge in [0.1, 0.15) is 0 Å². The lowest BCUT2D eigenvalue weighted by Gasteiger charge is -1.97. The fraction of sp³-hybridized carbons (Fsp3) is 0.444. The molecule has 64 valence electrons. The maximum absolute atomic E-state index is 4.19. The topological polar surface area (TPSA) is 17.8 Å². The first-order valence-corrected chi connectivity index (χ1v) is 4.83. The van der Waals surface area contributed by atoms with Crippen LogP contribution in [0.2, 0.25) is 0 Å². The molecule has 1 aromatic rings. The van der Waals surface area contributed by atoms with E-state index in [4.69, 9.17) is 0 Å². The lowest BCUT2D eigenvalue weighted by Crippen LogP contribution is -1.89. The second kappa shape index (κ2) is 4.89. The minimum Gasteiger partial charge on any atom is -0.329 e. The molecule has 0 atom stereocenters. The third kappa shape index (κ3) is 2.63. The molecule has 0 aliphatic rings. The summed E-state index contributed by atoms with van der Waals surface area (Å²) in [7, 11) is 2.00. The van der Waals surface area contributed by atoms with E-state index in [-0.39, 0.29) is 0 Å². The third-order valence-corrected chi connectivity index (χ3v) is 2.47. The van der Waals surface area contributed by atoms with Gasteiger partial charge >= 0.3 is 0 Å². The van der Waals surface area contributed by atoms with Crippen molar-refractivity contribution in [3.05, 3.63) is 12.4 Å². The van der Waals surface area contributed by atoms with Gasteiger partial charge in [-0.2, -0.15) is 0 Å². The van der Waals surface area contributed by atoms with E-state index >= 15 is 0 Å². The Kier molecular flexibility index (Phi) is 3.75. The zero-order valence-electron chi connectivity index (χ0n) is 7.37. The molecule has 1 rings (SSSR count). The quantitative estimate of drug-likeness (QED) is 0.402. The number of rotatable bonds is 3. The van der Waals surface area contributed by atoms with Gasteiger partial charge in [0.25, 0.3) is 0 Å². The van der Waals surface area contributed by atoms with Crippen molar-refractivity contribution >= 4 is 11.8 Å². The summed E-state index contributed by atoms with van der Waals surface area (Å²) < 4.78 is 2.02. The van der Waals surface area contributed by atoms with Crippen LogP contribution >= 0.6 is 11.8 Å². The first-order chi connectivity index (χ1) is 5.84. The van der Waals surface area contributed by atoms with Crippen LogP contribution < -0.4 is 0 Å². The summed E-state index contributed by atoms with van der Waals surface area (Å²) in [5.74, 6) is 6.91. The molecule has 3 heteroatoms. The van der Waals surface area contributed by atoms with Crippen LogP contribution in [0.3, 0.4) is 0 Å². The van der Waals surface area contributed by atoms with Gasteiger partial charge in [0.15, 0.2) is 5.16 Å². The minimum atomic E-state index is 0.939. The van der Waals surface area contributed by atoms with Crippen molar-refractivity contribution < 1.29 is 0 Å². The molecule has 0 aliphatic carbocycles. The highest BCUT2D eigenvalue weighted by Crippen LogP contribution is 2.14. The molecule has 0 unspecified atom stereocenters.